The largest absolute Gasteiger partial charge is 0.490 e. The normalized spacial score (nSPS) is 10.6. The lowest BCUT2D eigenvalue weighted by atomic mass is 10.1. The third-order valence-corrected chi connectivity index (χ3v) is 1.95. The van der Waals surface area contributed by atoms with Gasteiger partial charge in [0.05, 0.1) is 17.7 Å². The van der Waals surface area contributed by atoms with Crippen LogP contribution in [-0.2, 0) is 4.74 Å². The van der Waals surface area contributed by atoms with Gasteiger partial charge in [0, 0.05) is 7.11 Å². The SMILES string of the molecule is COCCOc1ccccc1C#CC(C)(C)N. The molecule has 0 amide bonds. The molecule has 3 nitrogen and oxygen atoms in total. The molecule has 17 heavy (non-hydrogen) atoms. The molecule has 3 heteroatoms. The van der Waals surface area contributed by atoms with Crippen LogP contribution in [0, 0.1) is 11.8 Å². The standard InChI is InChI=1S/C14H19NO2/c1-14(2,15)9-8-12-6-4-5-7-13(12)17-11-10-16-3/h4-7H,10-11,15H2,1-3H3. The Morgan fingerprint density at radius 3 is 2.59 bits per heavy atom. The summed E-state index contributed by atoms with van der Waals surface area (Å²) in [6.45, 7) is 4.81. The van der Waals surface area contributed by atoms with Crippen LogP contribution in [-0.4, -0.2) is 25.9 Å². The van der Waals surface area contributed by atoms with E-state index in [1.165, 1.54) is 0 Å². The Morgan fingerprint density at radius 2 is 1.94 bits per heavy atom. The van der Waals surface area contributed by atoms with Gasteiger partial charge in [0.15, 0.2) is 0 Å². The van der Waals surface area contributed by atoms with E-state index in [1.807, 2.05) is 38.1 Å². The highest BCUT2D eigenvalue weighted by Gasteiger charge is 2.05. The smallest absolute Gasteiger partial charge is 0.135 e. The van der Waals surface area contributed by atoms with Gasteiger partial charge in [-0.1, -0.05) is 24.0 Å². The van der Waals surface area contributed by atoms with Crippen molar-refractivity contribution in [2.45, 2.75) is 19.4 Å². The first-order chi connectivity index (χ1) is 8.03. The van der Waals surface area contributed by atoms with Crippen LogP contribution in [0.3, 0.4) is 0 Å². The number of rotatable bonds is 4. The van der Waals surface area contributed by atoms with Crippen LogP contribution in [0.25, 0.3) is 0 Å². The minimum Gasteiger partial charge on any atom is -0.490 e. The molecule has 0 unspecified atom stereocenters. The van der Waals surface area contributed by atoms with Crippen molar-refractivity contribution in [2.75, 3.05) is 20.3 Å². The van der Waals surface area contributed by atoms with Gasteiger partial charge in [0.2, 0.25) is 0 Å². The summed E-state index contributed by atoms with van der Waals surface area (Å²) in [5.74, 6) is 6.79. The molecule has 0 heterocycles. The maximum Gasteiger partial charge on any atom is 0.135 e. The van der Waals surface area contributed by atoms with Crippen molar-refractivity contribution in [1.29, 1.82) is 0 Å². The van der Waals surface area contributed by atoms with Crippen LogP contribution < -0.4 is 10.5 Å². The third kappa shape index (κ3) is 5.39. The van der Waals surface area contributed by atoms with Gasteiger partial charge in [-0.05, 0) is 26.0 Å². The van der Waals surface area contributed by atoms with E-state index in [0.29, 0.717) is 13.2 Å². The highest BCUT2D eigenvalue weighted by Crippen LogP contribution is 2.16. The molecule has 0 saturated heterocycles. The predicted octanol–water partition coefficient (Wildman–Crippen LogP) is 1.80. The first-order valence-electron chi connectivity index (χ1n) is 5.56. The summed E-state index contributed by atoms with van der Waals surface area (Å²) < 4.78 is 10.5. The fourth-order valence-electron chi connectivity index (χ4n) is 1.16. The number of hydrogen-bond donors (Lipinski definition) is 1. The Labute approximate surface area is 103 Å². The van der Waals surface area contributed by atoms with Crippen molar-refractivity contribution in [3.63, 3.8) is 0 Å². The lowest BCUT2D eigenvalue weighted by molar-refractivity contribution is 0.146. The molecule has 0 spiro atoms. The monoisotopic (exact) mass is 233 g/mol. The molecule has 0 aromatic heterocycles. The molecule has 1 aromatic rings. The second-order valence-corrected chi connectivity index (χ2v) is 4.31. The summed E-state index contributed by atoms with van der Waals surface area (Å²) in [4.78, 5) is 0. The lowest BCUT2D eigenvalue weighted by Crippen LogP contribution is -2.29. The fraction of sp³-hybridized carbons (Fsp3) is 0.429. The summed E-state index contributed by atoms with van der Waals surface area (Å²) in [6.07, 6.45) is 0. The molecule has 0 aliphatic rings. The molecule has 0 saturated carbocycles. The second-order valence-electron chi connectivity index (χ2n) is 4.31. The Balaban J connectivity index is 2.80. The first kappa shape index (κ1) is 13.6. The maximum atomic E-state index is 5.82. The predicted molar refractivity (Wildman–Crippen MR) is 69.0 cm³/mol. The van der Waals surface area contributed by atoms with Gasteiger partial charge in [-0.25, -0.2) is 0 Å². The highest BCUT2D eigenvalue weighted by molar-refractivity contribution is 5.46. The van der Waals surface area contributed by atoms with Crippen molar-refractivity contribution in [3.05, 3.63) is 29.8 Å². The summed E-state index contributed by atoms with van der Waals surface area (Å²) in [5.41, 5.74) is 6.17. The molecule has 0 atom stereocenters. The zero-order valence-corrected chi connectivity index (χ0v) is 10.6. The topological polar surface area (TPSA) is 44.5 Å². The van der Waals surface area contributed by atoms with E-state index in [0.717, 1.165) is 11.3 Å². The number of hydrogen-bond acceptors (Lipinski definition) is 3. The van der Waals surface area contributed by atoms with Gasteiger partial charge >= 0.3 is 0 Å². The summed E-state index contributed by atoms with van der Waals surface area (Å²) in [5, 5.41) is 0. The van der Waals surface area contributed by atoms with Gasteiger partial charge in [-0.3, -0.25) is 0 Å². The molecule has 2 N–H and O–H groups in total. The van der Waals surface area contributed by atoms with E-state index in [4.69, 9.17) is 15.2 Å². The van der Waals surface area contributed by atoms with Crippen molar-refractivity contribution >= 4 is 0 Å². The van der Waals surface area contributed by atoms with Gasteiger partial charge < -0.3 is 15.2 Å². The van der Waals surface area contributed by atoms with Crippen LogP contribution in [0.15, 0.2) is 24.3 Å². The average molecular weight is 233 g/mol. The van der Waals surface area contributed by atoms with Crippen LogP contribution >= 0.6 is 0 Å². The van der Waals surface area contributed by atoms with Gasteiger partial charge in [-0.15, -0.1) is 0 Å². The van der Waals surface area contributed by atoms with Gasteiger partial charge in [0.1, 0.15) is 12.4 Å². The molecule has 92 valence electrons. The molecular weight excluding hydrogens is 214 g/mol. The maximum absolute atomic E-state index is 5.82. The number of nitrogens with two attached hydrogens (primary N) is 1. The van der Waals surface area contributed by atoms with E-state index < -0.39 is 5.54 Å². The molecule has 1 aromatic carbocycles. The second kappa shape index (κ2) is 6.29. The minimum absolute atomic E-state index is 0.500. The quantitative estimate of drug-likeness (QED) is 0.637. The summed E-state index contributed by atoms with van der Waals surface area (Å²) in [7, 11) is 1.64. The summed E-state index contributed by atoms with van der Waals surface area (Å²) >= 11 is 0. The molecular formula is C14H19NO2. The Bertz CT molecular complexity index is 410. The third-order valence-electron chi connectivity index (χ3n) is 1.95. The number of ether oxygens (including phenoxy) is 2. The molecule has 0 fully saturated rings. The van der Waals surface area contributed by atoms with Crippen molar-refractivity contribution in [2.24, 2.45) is 5.73 Å². The van der Waals surface area contributed by atoms with Crippen molar-refractivity contribution in [1.82, 2.24) is 0 Å². The highest BCUT2D eigenvalue weighted by atomic mass is 16.5. The molecule has 0 radical (unpaired) electrons. The Morgan fingerprint density at radius 1 is 1.24 bits per heavy atom. The zero-order chi connectivity index (χ0) is 12.7. The Hall–Kier alpha value is -1.50. The molecule has 0 aliphatic heterocycles. The number of para-hydroxylation sites is 1. The average Bonchev–Trinajstić information content (AvgIpc) is 2.27. The first-order valence-corrected chi connectivity index (χ1v) is 5.56. The van der Waals surface area contributed by atoms with E-state index >= 15 is 0 Å². The number of benzene rings is 1. The van der Waals surface area contributed by atoms with E-state index in [2.05, 4.69) is 11.8 Å². The van der Waals surface area contributed by atoms with Gasteiger partial charge in [0.25, 0.3) is 0 Å². The summed E-state index contributed by atoms with van der Waals surface area (Å²) in [6, 6.07) is 7.65. The lowest BCUT2D eigenvalue weighted by Gasteiger charge is -2.09. The van der Waals surface area contributed by atoms with E-state index in [-0.39, 0.29) is 0 Å². The van der Waals surface area contributed by atoms with Crippen molar-refractivity contribution in [3.8, 4) is 17.6 Å². The van der Waals surface area contributed by atoms with Crippen LogP contribution in [0.1, 0.15) is 19.4 Å². The molecule has 0 bridgehead atoms. The molecule has 0 aliphatic carbocycles. The minimum atomic E-state index is -0.500. The van der Waals surface area contributed by atoms with Gasteiger partial charge in [-0.2, -0.15) is 0 Å². The fourth-order valence-corrected chi connectivity index (χ4v) is 1.16. The number of methoxy groups -OCH3 is 1. The molecule has 1 rings (SSSR count). The van der Waals surface area contributed by atoms with Crippen LogP contribution in [0.4, 0.5) is 0 Å². The Kier molecular flexibility index (Phi) is 5.02. The zero-order valence-electron chi connectivity index (χ0n) is 10.6. The van der Waals surface area contributed by atoms with Crippen molar-refractivity contribution < 1.29 is 9.47 Å². The van der Waals surface area contributed by atoms with E-state index in [9.17, 15) is 0 Å². The van der Waals surface area contributed by atoms with Crippen LogP contribution in [0.5, 0.6) is 5.75 Å². The van der Waals surface area contributed by atoms with Crippen LogP contribution in [0.2, 0.25) is 0 Å². The van der Waals surface area contributed by atoms with E-state index in [1.54, 1.807) is 7.11 Å².